The van der Waals surface area contributed by atoms with Crippen LogP contribution in [0, 0.1) is 0 Å². The van der Waals surface area contributed by atoms with Gasteiger partial charge in [0.25, 0.3) is 0 Å². The Morgan fingerprint density at radius 3 is 0.959 bits per heavy atom. The lowest BCUT2D eigenvalue weighted by molar-refractivity contribution is -0.123. The molecule has 2 atom stereocenters. The van der Waals surface area contributed by atoms with Crippen LogP contribution in [0.1, 0.15) is 328 Å². The lowest BCUT2D eigenvalue weighted by Crippen LogP contribution is -2.45. The van der Waals surface area contributed by atoms with Gasteiger partial charge in [0.1, 0.15) is 0 Å². The normalized spacial score (nSPS) is 13.3. The van der Waals surface area contributed by atoms with Crippen LogP contribution < -0.4 is 5.32 Å². The fourth-order valence-corrected chi connectivity index (χ4v) is 9.75. The number of amides is 1. The highest BCUT2D eigenvalue weighted by molar-refractivity contribution is 5.76. The predicted molar refractivity (Wildman–Crippen MR) is 327 cm³/mol. The van der Waals surface area contributed by atoms with E-state index in [0.717, 1.165) is 64.2 Å². The average molecular weight is 1020 g/mol. The van der Waals surface area contributed by atoms with E-state index in [9.17, 15) is 15.0 Å². The van der Waals surface area contributed by atoms with Gasteiger partial charge in [-0.15, -0.1) is 0 Å². The van der Waals surface area contributed by atoms with Gasteiger partial charge in [-0.3, -0.25) is 4.79 Å². The van der Waals surface area contributed by atoms with Gasteiger partial charge in [-0.25, -0.2) is 0 Å². The minimum Gasteiger partial charge on any atom is -0.394 e. The summed E-state index contributed by atoms with van der Waals surface area (Å²) >= 11 is 0. The first-order valence-electron chi connectivity index (χ1n) is 32.3. The van der Waals surface area contributed by atoms with Crippen LogP contribution in [0.25, 0.3) is 0 Å². The number of aliphatic hydroxyl groups is 2. The third kappa shape index (κ3) is 60.3. The monoisotopic (exact) mass is 1020 g/mol. The van der Waals surface area contributed by atoms with E-state index in [1.165, 1.54) is 244 Å². The van der Waals surface area contributed by atoms with E-state index in [-0.39, 0.29) is 12.5 Å². The molecule has 0 aliphatic carbocycles. The zero-order valence-corrected chi connectivity index (χ0v) is 48.9. The second-order valence-electron chi connectivity index (χ2n) is 21.8. The minimum absolute atomic E-state index is 0.0714. The lowest BCUT2D eigenvalue weighted by Gasteiger charge is -2.19. The van der Waals surface area contributed by atoms with Crippen LogP contribution in [-0.4, -0.2) is 34.9 Å². The van der Waals surface area contributed by atoms with Crippen molar-refractivity contribution >= 4 is 5.91 Å². The molecule has 4 nitrogen and oxygen atoms in total. The molecule has 0 aromatic carbocycles. The second kappa shape index (κ2) is 63.9. The van der Waals surface area contributed by atoms with Gasteiger partial charge in [0.2, 0.25) is 5.91 Å². The fourth-order valence-electron chi connectivity index (χ4n) is 9.75. The summed E-state index contributed by atoms with van der Waals surface area (Å²) in [4.78, 5) is 12.5. The molecule has 0 aliphatic heterocycles. The highest BCUT2D eigenvalue weighted by atomic mass is 16.3. The van der Waals surface area contributed by atoms with Crippen molar-refractivity contribution in [2.24, 2.45) is 0 Å². The Morgan fingerprint density at radius 1 is 0.342 bits per heavy atom. The quantitative estimate of drug-likeness (QED) is 0.0420. The summed E-state index contributed by atoms with van der Waals surface area (Å²) in [5.41, 5.74) is 0. The average Bonchev–Trinajstić information content (AvgIpc) is 3.40. The summed E-state index contributed by atoms with van der Waals surface area (Å²) in [5, 5.41) is 23.2. The van der Waals surface area contributed by atoms with E-state index in [4.69, 9.17) is 0 Å². The third-order valence-corrected chi connectivity index (χ3v) is 14.6. The molecule has 0 aromatic heterocycles. The van der Waals surface area contributed by atoms with Crippen LogP contribution in [-0.2, 0) is 4.79 Å². The number of carbonyl (C=O) groups excluding carboxylic acids is 1. The van der Waals surface area contributed by atoms with Crippen molar-refractivity contribution in [3.05, 3.63) is 85.1 Å². The molecule has 0 heterocycles. The lowest BCUT2D eigenvalue weighted by atomic mass is 10.0. The zero-order valence-electron chi connectivity index (χ0n) is 48.9. The molecular formula is C69H125NO3. The Labute approximate surface area is 456 Å². The molecule has 2 unspecified atom stereocenters. The van der Waals surface area contributed by atoms with Gasteiger partial charge in [0.05, 0.1) is 18.8 Å². The highest BCUT2D eigenvalue weighted by Gasteiger charge is 2.18. The molecule has 0 aromatic rings. The van der Waals surface area contributed by atoms with Crippen molar-refractivity contribution < 1.29 is 15.0 Å². The Kier molecular flexibility index (Phi) is 61.7. The van der Waals surface area contributed by atoms with Crippen LogP contribution in [0.4, 0.5) is 0 Å². The summed E-state index contributed by atoms with van der Waals surface area (Å²) in [6, 6.07) is -0.644. The van der Waals surface area contributed by atoms with E-state index in [1.807, 2.05) is 6.08 Å². The maximum absolute atomic E-state index is 12.5. The highest BCUT2D eigenvalue weighted by Crippen LogP contribution is 2.18. The summed E-state index contributed by atoms with van der Waals surface area (Å²) < 4.78 is 0. The van der Waals surface area contributed by atoms with Crippen molar-refractivity contribution in [2.75, 3.05) is 6.61 Å². The van der Waals surface area contributed by atoms with E-state index < -0.39 is 12.1 Å². The molecule has 0 fully saturated rings. The number of carbonyl (C=O) groups is 1. The first-order chi connectivity index (χ1) is 36.2. The molecule has 0 saturated carbocycles. The van der Waals surface area contributed by atoms with Crippen molar-refractivity contribution in [1.82, 2.24) is 5.32 Å². The van der Waals surface area contributed by atoms with Gasteiger partial charge >= 0.3 is 0 Å². The molecule has 3 N–H and O–H groups in total. The number of hydrogen-bond acceptors (Lipinski definition) is 3. The maximum atomic E-state index is 12.5. The van der Waals surface area contributed by atoms with E-state index in [0.29, 0.717) is 6.42 Å². The molecule has 1 amide bonds. The SMILES string of the molecule is CC/C=C\C/C=C\C/C=C\C/C=C\C/C=C\CCCCCCCCCCCCCCCCCCCC(=O)NC(CO)C(O)/C=C/CC/C=C/CCCCCCCCCCCCCCCCCCCCCCCC. The van der Waals surface area contributed by atoms with Gasteiger partial charge in [-0.2, -0.15) is 0 Å². The topological polar surface area (TPSA) is 69.6 Å². The van der Waals surface area contributed by atoms with Gasteiger partial charge in [0.15, 0.2) is 0 Å². The van der Waals surface area contributed by atoms with Gasteiger partial charge in [-0.05, 0) is 77.0 Å². The molecule has 0 saturated heterocycles. The smallest absolute Gasteiger partial charge is 0.220 e. The van der Waals surface area contributed by atoms with Crippen LogP contribution in [0.2, 0.25) is 0 Å². The van der Waals surface area contributed by atoms with Crippen LogP contribution in [0.15, 0.2) is 85.1 Å². The maximum Gasteiger partial charge on any atom is 0.220 e. The molecule has 0 aliphatic rings. The number of allylic oxidation sites excluding steroid dienone is 13. The second-order valence-corrected chi connectivity index (χ2v) is 21.8. The van der Waals surface area contributed by atoms with Gasteiger partial charge in [-0.1, -0.05) is 330 Å². The summed E-state index contributed by atoms with van der Waals surface area (Å²) in [6.07, 6.45) is 93.6. The fraction of sp³-hybridized carbons (Fsp3) is 0.783. The Hall–Kier alpha value is -2.43. The van der Waals surface area contributed by atoms with Crippen LogP contribution in [0.5, 0.6) is 0 Å². The van der Waals surface area contributed by atoms with Crippen LogP contribution >= 0.6 is 0 Å². The minimum atomic E-state index is -0.867. The number of aliphatic hydroxyl groups excluding tert-OH is 2. The first-order valence-corrected chi connectivity index (χ1v) is 32.3. The molecule has 424 valence electrons. The Bertz CT molecular complexity index is 1290. The van der Waals surface area contributed by atoms with Crippen molar-refractivity contribution in [1.29, 1.82) is 0 Å². The van der Waals surface area contributed by atoms with Gasteiger partial charge < -0.3 is 15.5 Å². The first kappa shape index (κ1) is 70.6. The molecule has 73 heavy (non-hydrogen) atoms. The third-order valence-electron chi connectivity index (χ3n) is 14.6. The number of hydrogen-bond donors (Lipinski definition) is 3. The standard InChI is InChI=1S/C69H125NO3/c1-3-5-7-9-11-13-15-17-19-21-23-25-27-29-31-33-34-35-36-37-39-41-43-45-47-49-51-53-55-57-59-61-63-65-69(73)70-67(66-71)68(72)64-62-60-58-56-54-52-50-48-46-44-42-40-38-32-30-28-26-24-22-20-18-16-14-12-10-8-6-4-2/h5,7,11,13,17,19,23,25,29,31,54,56,62,64,67-68,71-72H,3-4,6,8-10,12,14-16,18,20-22,24,26-28,30,32-53,55,57-61,63,65-66H2,1-2H3,(H,70,73)/b7-5-,13-11-,19-17-,25-23-,31-29-,56-54+,64-62+. The summed E-state index contributed by atoms with van der Waals surface area (Å²) in [5.74, 6) is -0.0714. The Morgan fingerprint density at radius 2 is 0.616 bits per heavy atom. The molecule has 0 rings (SSSR count). The zero-order chi connectivity index (χ0) is 52.7. The largest absolute Gasteiger partial charge is 0.394 e. The number of rotatable bonds is 59. The number of nitrogens with one attached hydrogen (secondary N) is 1. The van der Waals surface area contributed by atoms with Crippen molar-refractivity contribution in [2.45, 2.75) is 341 Å². The number of unbranched alkanes of at least 4 members (excludes halogenated alkanes) is 40. The van der Waals surface area contributed by atoms with E-state index in [2.05, 4.69) is 92.1 Å². The van der Waals surface area contributed by atoms with E-state index >= 15 is 0 Å². The van der Waals surface area contributed by atoms with Gasteiger partial charge in [0, 0.05) is 6.42 Å². The van der Waals surface area contributed by atoms with Crippen LogP contribution in [0.3, 0.4) is 0 Å². The van der Waals surface area contributed by atoms with Crippen molar-refractivity contribution in [3.63, 3.8) is 0 Å². The molecule has 0 radical (unpaired) electrons. The Balaban J connectivity index is 3.50. The molecule has 4 heteroatoms. The molecule has 0 spiro atoms. The summed E-state index contributed by atoms with van der Waals surface area (Å²) in [7, 11) is 0. The summed E-state index contributed by atoms with van der Waals surface area (Å²) in [6.45, 7) is 4.21. The van der Waals surface area contributed by atoms with E-state index in [1.54, 1.807) is 6.08 Å². The molecular weight excluding hydrogens is 891 g/mol. The predicted octanol–water partition coefficient (Wildman–Crippen LogP) is 21.9. The molecule has 0 bridgehead atoms. The van der Waals surface area contributed by atoms with Crippen molar-refractivity contribution in [3.8, 4) is 0 Å².